The molecule has 80 valence electrons. The van der Waals surface area contributed by atoms with Gasteiger partial charge in [-0.25, -0.2) is 4.98 Å². The van der Waals surface area contributed by atoms with Gasteiger partial charge in [-0.3, -0.25) is 0 Å². The summed E-state index contributed by atoms with van der Waals surface area (Å²) in [6.07, 6.45) is 2.74. The molecule has 1 aromatic rings. The molecule has 0 radical (unpaired) electrons. The van der Waals surface area contributed by atoms with Crippen LogP contribution in [0.15, 0.2) is 6.20 Å². The van der Waals surface area contributed by atoms with Gasteiger partial charge in [-0.15, -0.1) is 0 Å². The molecule has 0 saturated heterocycles. The summed E-state index contributed by atoms with van der Waals surface area (Å²) in [7, 11) is 3.62. The van der Waals surface area contributed by atoms with E-state index in [0.717, 1.165) is 24.5 Å². The molecule has 4 heteroatoms. The molecule has 14 heavy (non-hydrogen) atoms. The molecular formula is C10H19N3O. The zero-order valence-corrected chi connectivity index (χ0v) is 9.35. The lowest BCUT2D eigenvalue weighted by Gasteiger charge is -2.23. The Kier molecular flexibility index (Phi) is 3.66. The van der Waals surface area contributed by atoms with Crippen LogP contribution >= 0.6 is 0 Å². The molecular weight excluding hydrogens is 178 g/mol. The Morgan fingerprint density at radius 1 is 1.64 bits per heavy atom. The maximum atomic E-state index is 5.45. The number of nitrogens with zero attached hydrogens (tertiary/aromatic N) is 1. The normalized spacial score (nSPS) is 15.4. The number of aromatic amines is 1. The van der Waals surface area contributed by atoms with Crippen LogP contribution in [-0.2, 0) is 16.9 Å². The summed E-state index contributed by atoms with van der Waals surface area (Å²) in [5, 5.41) is 3.07. The molecule has 0 saturated carbocycles. The van der Waals surface area contributed by atoms with Crippen molar-refractivity contribution in [1.29, 1.82) is 0 Å². The molecule has 0 bridgehead atoms. The van der Waals surface area contributed by atoms with E-state index in [4.69, 9.17) is 4.74 Å². The minimum Gasteiger partial charge on any atom is -0.371 e. The Morgan fingerprint density at radius 3 is 2.86 bits per heavy atom. The lowest BCUT2D eigenvalue weighted by Crippen LogP contribution is -2.25. The van der Waals surface area contributed by atoms with Gasteiger partial charge in [0.1, 0.15) is 11.4 Å². The summed E-state index contributed by atoms with van der Waals surface area (Å²) >= 11 is 0. The van der Waals surface area contributed by atoms with Crippen LogP contribution in [0.25, 0.3) is 0 Å². The molecule has 0 aliphatic carbocycles. The fourth-order valence-electron chi connectivity index (χ4n) is 1.32. The smallest absolute Gasteiger partial charge is 0.138 e. The van der Waals surface area contributed by atoms with E-state index in [1.54, 1.807) is 7.11 Å². The second-order valence-corrected chi connectivity index (χ2v) is 3.58. The molecule has 0 aromatic carbocycles. The van der Waals surface area contributed by atoms with Gasteiger partial charge in [0.15, 0.2) is 0 Å². The van der Waals surface area contributed by atoms with Gasteiger partial charge in [0, 0.05) is 25.5 Å². The first kappa shape index (κ1) is 11.2. The Bertz CT molecular complexity index is 279. The summed E-state index contributed by atoms with van der Waals surface area (Å²) in [4.78, 5) is 7.59. The van der Waals surface area contributed by atoms with Gasteiger partial charge in [0.05, 0.1) is 0 Å². The summed E-state index contributed by atoms with van der Waals surface area (Å²) in [6.45, 7) is 4.93. The third kappa shape index (κ3) is 2.13. The first-order valence-electron chi connectivity index (χ1n) is 4.90. The van der Waals surface area contributed by atoms with Gasteiger partial charge < -0.3 is 15.0 Å². The average Bonchev–Trinajstić information content (AvgIpc) is 2.66. The topological polar surface area (TPSA) is 49.9 Å². The van der Waals surface area contributed by atoms with E-state index >= 15 is 0 Å². The lowest BCUT2D eigenvalue weighted by molar-refractivity contribution is -0.00837. The SMILES string of the molecule is CCC(C)(OC)c1ncc(CNC)[nH]1. The van der Waals surface area contributed by atoms with Gasteiger partial charge in [0.2, 0.25) is 0 Å². The van der Waals surface area contributed by atoms with E-state index in [1.165, 1.54) is 0 Å². The van der Waals surface area contributed by atoms with Gasteiger partial charge in [-0.2, -0.15) is 0 Å². The number of imidazole rings is 1. The fourth-order valence-corrected chi connectivity index (χ4v) is 1.32. The van der Waals surface area contributed by atoms with Gasteiger partial charge >= 0.3 is 0 Å². The molecule has 1 unspecified atom stereocenters. The molecule has 0 amide bonds. The summed E-state index contributed by atoms with van der Waals surface area (Å²) in [5.74, 6) is 0.896. The Hall–Kier alpha value is -0.870. The van der Waals surface area contributed by atoms with Crippen molar-refractivity contribution in [1.82, 2.24) is 15.3 Å². The maximum Gasteiger partial charge on any atom is 0.138 e. The fraction of sp³-hybridized carbons (Fsp3) is 0.700. The van der Waals surface area contributed by atoms with Crippen molar-refractivity contribution in [2.24, 2.45) is 0 Å². The number of hydrogen-bond donors (Lipinski definition) is 2. The van der Waals surface area contributed by atoms with Gasteiger partial charge in [-0.05, 0) is 20.4 Å². The van der Waals surface area contributed by atoms with Crippen LogP contribution < -0.4 is 5.32 Å². The number of aromatic nitrogens is 2. The van der Waals surface area contributed by atoms with E-state index in [9.17, 15) is 0 Å². The first-order chi connectivity index (χ1) is 6.66. The lowest BCUT2D eigenvalue weighted by atomic mass is 10.0. The minimum atomic E-state index is -0.300. The van der Waals surface area contributed by atoms with Gasteiger partial charge in [-0.1, -0.05) is 6.92 Å². The van der Waals surface area contributed by atoms with E-state index in [2.05, 4.69) is 22.2 Å². The second-order valence-electron chi connectivity index (χ2n) is 3.58. The van der Waals surface area contributed by atoms with E-state index in [0.29, 0.717) is 0 Å². The van der Waals surface area contributed by atoms with Crippen molar-refractivity contribution in [3.63, 3.8) is 0 Å². The van der Waals surface area contributed by atoms with Gasteiger partial charge in [0.25, 0.3) is 0 Å². The number of methoxy groups -OCH3 is 1. The largest absolute Gasteiger partial charge is 0.371 e. The van der Waals surface area contributed by atoms with Crippen molar-refractivity contribution in [3.8, 4) is 0 Å². The van der Waals surface area contributed by atoms with E-state index in [1.807, 2.05) is 20.2 Å². The molecule has 0 aliphatic heterocycles. The highest BCUT2D eigenvalue weighted by molar-refractivity contribution is 5.07. The highest BCUT2D eigenvalue weighted by Crippen LogP contribution is 2.25. The molecule has 1 heterocycles. The van der Waals surface area contributed by atoms with Crippen LogP contribution in [-0.4, -0.2) is 24.1 Å². The quantitative estimate of drug-likeness (QED) is 0.750. The highest BCUT2D eigenvalue weighted by Gasteiger charge is 2.26. The summed E-state index contributed by atoms with van der Waals surface area (Å²) in [6, 6.07) is 0. The zero-order valence-electron chi connectivity index (χ0n) is 9.35. The molecule has 2 N–H and O–H groups in total. The molecule has 1 aromatic heterocycles. The van der Waals surface area contributed by atoms with Crippen LogP contribution in [0.3, 0.4) is 0 Å². The van der Waals surface area contributed by atoms with Crippen LogP contribution in [0.5, 0.6) is 0 Å². The predicted molar refractivity (Wildman–Crippen MR) is 56.0 cm³/mol. The first-order valence-corrected chi connectivity index (χ1v) is 4.90. The number of rotatable bonds is 5. The third-order valence-corrected chi connectivity index (χ3v) is 2.62. The summed E-state index contributed by atoms with van der Waals surface area (Å²) < 4.78 is 5.45. The Balaban J connectivity index is 2.84. The van der Waals surface area contributed by atoms with Crippen LogP contribution in [0.1, 0.15) is 31.8 Å². The number of ether oxygens (including phenoxy) is 1. The highest BCUT2D eigenvalue weighted by atomic mass is 16.5. The van der Waals surface area contributed by atoms with Crippen molar-refractivity contribution in [2.75, 3.05) is 14.2 Å². The van der Waals surface area contributed by atoms with Crippen molar-refractivity contribution in [2.45, 2.75) is 32.4 Å². The minimum absolute atomic E-state index is 0.300. The van der Waals surface area contributed by atoms with Crippen molar-refractivity contribution < 1.29 is 4.74 Å². The number of nitrogens with one attached hydrogen (secondary N) is 2. The number of hydrogen-bond acceptors (Lipinski definition) is 3. The molecule has 0 spiro atoms. The molecule has 0 fully saturated rings. The molecule has 0 aliphatic rings. The number of H-pyrrole nitrogens is 1. The monoisotopic (exact) mass is 197 g/mol. The van der Waals surface area contributed by atoms with Crippen LogP contribution in [0, 0.1) is 0 Å². The van der Waals surface area contributed by atoms with Crippen molar-refractivity contribution >= 4 is 0 Å². The Labute approximate surface area is 85.1 Å². The maximum absolute atomic E-state index is 5.45. The van der Waals surface area contributed by atoms with Crippen molar-refractivity contribution in [3.05, 3.63) is 17.7 Å². The average molecular weight is 197 g/mol. The second kappa shape index (κ2) is 4.57. The third-order valence-electron chi connectivity index (χ3n) is 2.62. The predicted octanol–water partition coefficient (Wildman–Crippen LogP) is 1.40. The standard InChI is InChI=1S/C10H19N3O/c1-5-10(2,14-4)9-12-7-8(13-9)6-11-3/h7,11H,5-6H2,1-4H3,(H,12,13). The summed E-state index contributed by atoms with van der Waals surface area (Å²) in [5.41, 5.74) is 0.783. The van der Waals surface area contributed by atoms with E-state index < -0.39 is 0 Å². The zero-order chi connectivity index (χ0) is 10.6. The van der Waals surface area contributed by atoms with Crippen LogP contribution in [0.4, 0.5) is 0 Å². The molecule has 1 rings (SSSR count). The molecule has 4 nitrogen and oxygen atoms in total. The van der Waals surface area contributed by atoms with E-state index in [-0.39, 0.29) is 5.60 Å². The Morgan fingerprint density at radius 2 is 2.36 bits per heavy atom. The van der Waals surface area contributed by atoms with Crippen LogP contribution in [0.2, 0.25) is 0 Å². The molecule has 1 atom stereocenters.